The first-order valence-corrected chi connectivity index (χ1v) is 6.34. The molecule has 1 amide bonds. The molecule has 0 saturated carbocycles. The molecule has 8 heteroatoms. The van der Waals surface area contributed by atoms with Crippen molar-refractivity contribution in [3.05, 3.63) is 29.6 Å². The van der Waals surface area contributed by atoms with E-state index in [4.69, 9.17) is 4.74 Å². The third-order valence-corrected chi connectivity index (χ3v) is 2.99. The lowest BCUT2D eigenvalue weighted by Gasteiger charge is -2.23. The Kier molecular flexibility index (Phi) is 4.79. The topological polar surface area (TPSA) is 50.4 Å². The summed E-state index contributed by atoms with van der Waals surface area (Å²) in [6.45, 7) is 1.54. The number of hydrogen-bond donors (Lipinski definition) is 2. The van der Waals surface area contributed by atoms with Crippen molar-refractivity contribution in [3.8, 4) is 0 Å². The fraction of sp³-hybridized carbons (Fsp3) is 0.462. The van der Waals surface area contributed by atoms with Gasteiger partial charge >= 0.3 is 6.18 Å². The fourth-order valence-electron chi connectivity index (χ4n) is 2.01. The number of nitrogens with one attached hydrogen (secondary N) is 2. The summed E-state index contributed by atoms with van der Waals surface area (Å²) < 4.78 is 56.0. The van der Waals surface area contributed by atoms with Crippen LogP contribution in [0.15, 0.2) is 18.2 Å². The zero-order valence-corrected chi connectivity index (χ0v) is 11.0. The molecule has 2 N–H and O–H groups in total. The highest BCUT2D eigenvalue weighted by atomic mass is 19.4. The molecule has 1 heterocycles. The van der Waals surface area contributed by atoms with Crippen LogP contribution in [0.3, 0.4) is 0 Å². The Labute approximate surface area is 118 Å². The summed E-state index contributed by atoms with van der Waals surface area (Å²) in [6.07, 6.45) is -4.73. The molecule has 1 fully saturated rings. The van der Waals surface area contributed by atoms with E-state index in [1.165, 1.54) is 0 Å². The van der Waals surface area contributed by atoms with Crippen LogP contribution in [-0.2, 0) is 15.7 Å². The summed E-state index contributed by atoms with van der Waals surface area (Å²) in [6, 6.07) is 2.17. The third-order valence-electron chi connectivity index (χ3n) is 2.99. The Hall–Kier alpha value is -1.67. The predicted octanol–water partition coefficient (Wildman–Crippen LogP) is 2.16. The lowest BCUT2D eigenvalue weighted by atomic mass is 10.1. The Morgan fingerprint density at radius 2 is 2.19 bits per heavy atom. The maximum Gasteiger partial charge on any atom is 0.419 e. The van der Waals surface area contributed by atoms with Gasteiger partial charge in [0.2, 0.25) is 5.91 Å². The molecule has 2 rings (SSSR count). The van der Waals surface area contributed by atoms with Gasteiger partial charge in [0.15, 0.2) is 0 Å². The summed E-state index contributed by atoms with van der Waals surface area (Å²) in [5, 5.41) is 5.38. The fourth-order valence-corrected chi connectivity index (χ4v) is 2.01. The molecule has 0 spiro atoms. The monoisotopic (exact) mass is 306 g/mol. The van der Waals surface area contributed by atoms with E-state index in [2.05, 4.69) is 10.6 Å². The second kappa shape index (κ2) is 6.40. The van der Waals surface area contributed by atoms with E-state index in [0.717, 1.165) is 6.07 Å². The zero-order valence-electron chi connectivity index (χ0n) is 11.0. The van der Waals surface area contributed by atoms with E-state index < -0.39 is 23.5 Å². The van der Waals surface area contributed by atoms with Crippen molar-refractivity contribution in [1.82, 2.24) is 5.32 Å². The highest BCUT2D eigenvalue weighted by Gasteiger charge is 2.34. The van der Waals surface area contributed by atoms with Crippen molar-refractivity contribution >= 4 is 11.6 Å². The number of amides is 1. The van der Waals surface area contributed by atoms with Crippen LogP contribution in [0.1, 0.15) is 12.0 Å². The van der Waals surface area contributed by atoms with Gasteiger partial charge < -0.3 is 15.4 Å². The standard InChI is InChI=1S/C13H14F4N2O2/c14-11-2-1-8(5-10(11)13(15,16)17)19-12(20)6-9-7-21-4-3-18-9/h1-2,5,9,18H,3-4,6-7H2,(H,19,20). The first kappa shape index (κ1) is 15.7. The summed E-state index contributed by atoms with van der Waals surface area (Å²) >= 11 is 0. The van der Waals surface area contributed by atoms with Gasteiger partial charge in [-0.15, -0.1) is 0 Å². The van der Waals surface area contributed by atoms with Crippen LogP contribution in [0.25, 0.3) is 0 Å². The van der Waals surface area contributed by atoms with Gasteiger partial charge in [0.05, 0.1) is 18.8 Å². The smallest absolute Gasteiger partial charge is 0.378 e. The van der Waals surface area contributed by atoms with Crippen molar-refractivity contribution in [1.29, 1.82) is 0 Å². The molecular weight excluding hydrogens is 292 g/mol. The number of alkyl halides is 3. The van der Waals surface area contributed by atoms with Crippen molar-refractivity contribution in [2.45, 2.75) is 18.6 Å². The number of morpholine rings is 1. The Morgan fingerprint density at radius 3 is 2.81 bits per heavy atom. The van der Waals surface area contributed by atoms with E-state index in [1.807, 2.05) is 0 Å². The van der Waals surface area contributed by atoms with Gasteiger partial charge in [-0.2, -0.15) is 13.2 Å². The molecule has 116 valence electrons. The zero-order chi connectivity index (χ0) is 15.5. The van der Waals surface area contributed by atoms with Gasteiger partial charge in [0, 0.05) is 24.7 Å². The van der Waals surface area contributed by atoms with E-state index in [0.29, 0.717) is 31.9 Å². The number of ether oxygens (including phenoxy) is 1. The molecule has 0 aliphatic carbocycles. The van der Waals surface area contributed by atoms with Gasteiger partial charge in [-0.05, 0) is 18.2 Å². The van der Waals surface area contributed by atoms with E-state index in [-0.39, 0.29) is 18.2 Å². The number of carbonyl (C=O) groups is 1. The summed E-state index contributed by atoms with van der Waals surface area (Å²) in [4.78, 5) is 11.7. The van der Waals surface area contributed by atoms with Crippen molar-refractivity contribution in [3.63, 3.8) is 0 Å². The molecule has 1 aromatic rings. The van der Waals surface area contributed by atoms with Gasteiger partial charge in [-0.1, -0.05) is 0 Å². The Balaban J connectivity index is 2.00. The minimum Gasteiger partial charge on any atom is -0.378 e. The first-order chi connectivity index (χ1) is 9.86. The maximum absolute atomic E-state index is 13.1. The van der Waals surface area contributed by atoms with E-state index in [1.54, 1.807) is 0 Å². The molecule has 0 aromatic heterocycles. The normalized spacial score (nSPS) is 19.3. The maximum atomic E-state index is 13.1. The van der Waals surface area contributed by atoms with Crippen molar-refractivity contribution in [2.75, 3.05) is 25.1 Å². The number of halogens is 4. The van der Waals surface area contributed by atoms with Gasteiger partial charge in [-0.3, -0.25) is 4.79 Å². The van der Waals surface area contributed by atoms with Gasteiger partial charge in [-0.25, -0.2) is 4.39 Å². The highest BCUT2D eigenvalue weighted by molar-refractivity contribution is 5.91. The predicted molar refractivity (Wildman–Crippen MR) is 67.3 cm³/mol. The molecule has 21 heavy (non-hydrogen) atoms. The van der Waals surface area contributed by atoms with Crippen LogP contribution in [0, 0.1) is 5.82 Å². The summed E-state index contributed by atoms with van der Waals surface area (Å²) in [7, 11) is 0. The van der Waals surface area contributed by atoms with Crippen LogP contribution >= 0.6 is 0 Å². The molecule has 1 saturated heterocycles. The first-order valence-electron chi connectivity index (χ1n) is 6.34. The average molecular weight is 306 g/mol. The molecule has 1 unspecified atom stereocenters. The SMILES string of the molecule is O=C(CC1COCCN1)Nc1ccc(F)c(C(F)(F)F)c1. The summed E-state index contributed by atoms with van der Waals surface area (Å²) in [5.74, 6) is -1.83. The molecule has 1 atom stereocenters. The molecule has 1 aromatic carbocycles. The molecule has 4 nitrogen and oxygen atoms in total. The van der Waals surface area contributed by atoms with E-state index >= 15 is 0 Å². The molecular formula is C13H14F4N2O2. The number of carbonyl (C=O) groups excluding carboxylic acids is 1. The molecule has 0 bridgehead atoms. The number of benzene rings is 1. The quantitative estimate of drug-likeness (QED) is 0.842. The third kappa shape index (κ3) is 4.40. The Bertz CT molecular complexity index is 513. The average Bonchev–Trinajstić information content (AvgIpc) is 2.41. The van der Waals surface area contributed by atoms with Crippen molar-refractivity contribution in [2.24, 2.45) is 0 Å². The van der Waals surface area contributed by atoms with E-state index in [9.17, 15) is 22.4 Å². The van der Waals surface area contributed by atoms with Crippen LogP contribution in [-0.4, -0.2) is 31.7 Å². The highest BCUT2D eigenvalue weighted by Crippen LogP contribution is 2.33. The van der Waals surface area contributed by atoms with Gasteiger partial charge in [0.25, 0.3) is 0 Å². The lowest BCUT2D eigenvalue weighted by molar-refractivity contribution is -0.140. The van der Waals surface area contributed by atoms with Crippen LogP contribution in [0.4, 0.5) is 23.2 Å². The largest absolute Gasteiger partial charge is 0.419 e. The lowest BCUT2D eigenvalue weighted by Crippen LogP contribution is -2.43. The number of rotatable bonds is 3. The molecule has 0 radical (unpaired) electrons. The van der Waals surface area contributed by atoms with Crippen LogP contribution < -0.4 is 10.6 Å². The van der Waals surface area contributed by atoms with Crippen molar-refractivity contribution < 1.29 is 27.1 Å². The van der Waals surface area contributed by atoms with Crippen LogP contribution in [0.2, 0.25) is 0 Å². The second-order valence-electron chi connectivity index (χ2n) is 4.67. The minimum atomic E-state index is -4.80. The second-order valence-corrected chi connectivity index (χ2v) is 4.67. The number of hydrogen-bond acceptors (Lipinski definition) is 3. The Morgan fingerprint density at radius 1 is 1.43 bits per heavy atom. The van der Waals surface area contributed by atoms with Gasteiger partial charge in [0.1, 0.15) is 5.82 Å². The van der Waals surface area contributed by atoms with Crippen LogP contribution in [0.5, 0.6) is 0 Å². The molecule has 1 aliphatic rings. The minimum absolute atomic E-state index is 0.0682. The summed E-state index contributed by atoms with van der Waals surface area (Å²) in [5.41, 5.74) is -1.50. The number of anilines is 1. The molecule has 1 aliphatic heterocycles.